The summed E-state index contributed by atoms with van der Waals surface area (Å²) < 4.78 is 10.7. The number of benzene rings is 2. The molecule has 4 rings (SSSR count). The van der Waals surface area contributed by atoms with E-state index in [1.807, 2.05) is 26.0 Å². The Labute approximate surface area is 158 Å². The van der Waals surface area contributed by atoms with Crippen molar-refractivity contribution in [1.29, 1.82) is 0 Å². The Balaban J connectivity index is 1.70. The largest absolute Gasteiger partial charge is 0.456 e. The van der Waals surface area contributed by atoms with Gasteiger partial charge in [-0.05, 0) is 31.0 Å². The van der Waals surface area contributed by atoms with Crippen LogP contribution in [0.4, 0.5) is 0 Å². The first-order valence-corrected chi connectivity index (χ1v) is 8.63. The van der Waals surface area contributed by atoms with Gasteiger partial charge in [0.05, 0.1) is 5.39 Å². The summed E-state index contributed by atoms with van der Waals surface area (Å²) in [5.74, 6) is -0.697. The van der Waals surface area contributed by atoms with E-state index in [2.05, 4.69) is 10.2 Å². The lowest BCUT2D eigenvalue weighted by Gasteiger charge is -2.10. The van der Waals surface area contributed by atoms with Crippen LogP contribution in [0.2, 0.25) is 0 Å². The number of aryl methyl sites for hydroxylation is 2. The summed E-state index contributed by atoms with van der Waals surface area (Å²) >= 11 is 0. The van der Waals surface area contributed by atoms with Crippen LogP contribution in [0, 0.1) is 13.8 Å². The highest BCUT2D eigenvalue weighted by Crippen LogP contribution is 2.24. The average molecular weight is 376 g/mol. The molecular weight excluding hydrogens is 360 g/mol. The van der Waals surface area contributed by atoms with Crippen molar-refractivity contribution < 1.29 is 13.9 Å². The quantitative estimate of drug-likeness (QED) is 0.436. The van der Waals surface area contributed by atoms with Crippen LogP contribution in [0.5, 0.6) is 0 Å². The summed E-state index contributed by atoms with van der Waals surface area (Å²) in [6, 6.07) is 11.7. The van der Waals surface area contributed by atoms with Crippen LogP contribution in [0.25, 0.3) is 21.7 Å². The van der Waals surface area contributed by atoms with Gasteiger partial charge in [-0.1, -0.05) is 30.3 Å². The fraction of sp³-hybridized carbons (Fsp3) is 0.143. The lowest BCUT2D eigenvalue weighted by molar-refractivity contribution is 0.0468. The van der Waals surface area contributed by atoms with Gasteiger partial charge in [-0.3, -0.25) is 4.79 Å². The zero-order chi connectivity index (χ0) is 19.8. The predicted octanol–water partition coefficient (Wildman–Crippen LogP) is 3.00. The van der Waals surface area contributed by atoms with Crippen LogP contribution in [-0.2, 0) is 11.3 Å². The van der Waals surface area contributed by atoms with Gasteiger partial charge >= 0.3 is 11.6 Å². The maximum Gasteiger partial charge on any atom is 0.359 e. The van der Waals surface area contributed by atoms with Crippen molar-refractivity contribution in [3.63, 3.8) is 0 Å². The number of carbonyl (C=O) groups is 1. The second-order valence-corrected chi connectivity index (χ2v) is 6.50. The van der Waals surface area contributed by atoms with Crippen LogP contribution in [0.15, 0.2) is 56.5 Å². The Hall–Kier alpha value is -3.74. The van der Waals surface area contributed by atoms with Crippen molar-refractivity contribution in [1.82, 2.24) is 10.2 Å². The van der Waals surface area contributed by atoms with E-state index in [1.54, 1.807) is 24.3 Å². The number of nitrogens with zero attached hydrogens (tertiary/aromatic N) is 1. The van der Waals surface area contributed by atoms with Gasteiger partial charge in [-0.25, -0.2) is 14.7 Å². The number of carbonyl (C=O) groups excluding carboxylic acids is 1. The molecule has 7 heteroatoms. The molecule has 0 saturated carbocycles. The number of fused-ring (bicyclic) bond motifs is 2. The summed E-state index contributed by atoms with van der Waals surface area (Å²) in [6.07, 6.45) is 0. The summed E-state index contributed by atoms with van der Waals surface area (Å²) in [7, 11) is 0. The number of hydrogen-bond acceptors (Lipinski definition) is 6. The number of H-pyrrole nitrogens is 1. The number of nitrogens with one attached hydrogen (secondary N) is 1. The van der Waals surface area contributed by atoms with Gasteiger partial charge < -0.3 is 9.15 Å². The molecule has 0 bridgehead atoms. The summed E-state index contributed by atoms with van der Waals surface area (Å²) in [4.78, 5) is 36.4. The topological polar surface area (TPSA) is 102 Å². The maximum absolute atomic E-state index is 12.6. The van der Waals surface area contributed by atoms with Crippen LogP contribution < -0.4 is 11.2 Å². The minimum atomic E-state index is -0.697. The third kappa shape index (κ3) is 2.96. The second kappa shape index (κ2) is 6.77. The fourth-order valence-corrected chi connectivity index (χ4v) is 3.13. The van der Waals surface area contributed by atoms with Gasteiger partial charge in [0.2, 0.25) is 0 Å². The molecule has 0 saturated heterocycles. The number of rotatable bonds is 3. The maximum atomic E-state index is 12.6. The molecule has 0 aliphatic carbocycles. The lowest BCUT2D eigenvalue weighted by atomic mass is 10.0. The smallest absolute Gasteiger partial charge is 0.359 e. The highest BCUT2D eigenvalue weighted by atomic mass is 16.5. The highest BCUT2D eigenvalue weighted by molar-refractivity contribution is 6.02. The number of hydrogen-bond donors (Lipinski definition) is 1. The van der Waals surface area contributed by atoms with Gasteiger partial charge in [-0.15, -0.1) is 0 Å². The SMILES string of the molecule is Cc1ccc2c(COC(=O)c3n[nH]c(=O)c4ccccc34)cc(=O)oc2c1C. The molecule has 4 aromatic rings. The molecule has 0 atom stereocenters. The first-order valence-electron chi connectivity index (χ1n) is 8.63. The summed E-state index contributed by atoms with van der Waals surface area (Å²) in [5.41, 5.74) is 1.98. The normalized spacial score (nSPS) is 11.1. The molecule has 0 aliphatic rings. The van der Waals surface area contributed by atoms with Crippen molar-refractivity contribution in [2.45, 2.75) is 20.5 Å². The summed E-state index contributed by atoms with van der Waals surface area (Å²) in [6.45, 7) is 3.67. The highest BCUT2D eigenvalue weighted by Gasteiger charge is 2.17. The van der Waals surface area contributed by atoms with E-state index in [4.69, 9.17) is 9.15 Å². The van der Waals surface area contributed by atoms with Gasteiger partial charge in [0.25, 0.3) is 5.56 Å². The minimum absolute atomic E-state index is 0.00879. The van der Waals surface area contributed by atoms with Gasteiger partial charge in [0.15, 0.2) is 5.69 Å². The van der Waals surface area contributed by atoms with Gasteiger partial charge in [0, 0.05) is 22.4 Å². The third-order valence-electron chi connectivity index (χ3n) is 4.77. The molecule has 28 heavy (non-hydrogen) atoms. The van der Waals surface area contributed by atoms with Crippen LogP contribution in [0.3, 0.4) is 0 Å². The van der Waals surface area contributed by atoms with Crippen molar-refractivity contribution in [3.8, 4) is 0 Å². The van der Waals surface area contributed by atoms with E-state index < -0.39 is 11.6 Å². The van der Waals surface area contributed by atoms with E-state index in [0.29, 0.717) is 27.3 Å². The predicted molar refractivity (Wildman–Crippen MR) is 103 cm³/mol. The van der Waals surface area contributed by atoms with Crippen LogP contribution in [-0.4, -0.2) is 16.2 Å². The first-order chi connectivity index (χ1) is 13.5. The Morgan fingerprint density at radius 3 is 2.61 bits per heavy atom. The molecule has 7 nitrogen and oxygen atoms in total. The van der Waals surface area contributed by atoms with Crippen molar-refractivity contribution in [3.05, 3.63) is 85.6 Å². The van der Waals surface area contributed by atoms with E-state index >= 15 is 0 Å². The average Bonchev–Trinajstić information content (AvgIpc) is 2.69. The Morgan fingerprint density at radius 2 is 1.82 bits per heavy atom. The molecule has 2 aromatic carbocycles. The van der Waals surface area contributed by atoms with E-state index in [0.717, 1.165) is 11.1 Å². The Kier molecular flexibility index (Phi) is 4.27. The standard InChI is InChI=1S/C21H16N2O5/c1-11-7-8-14-13(9-17(24)28-19(14)12(11)2)10-27-21(26)18-15-5-3-4-6-16(15)20(25)23-22-18/h3-9H,10H2,1-2H3,(H,23,25). The molecule has 0 spiro atoms. The first kappa shape index (κ1) is 17.7. The Bertz CT molecular complexity index is 1350. The zero-order valence-electron chi connectivity index (χ0n) is 15.2. The number of aromatic amines is 1. The van der Waals surface area contributed by atoms with Crippen LogP contribution >= 0.6 is 0 Å². The number of ether oxygens (including phenoxy) is 1. The summed E-state index contributed by atoms with van der Waals surface area (Å²) in [5, 5.41) is 7.59. The molecule has 0 aliphatic heterocycles. The molecule has 2 aromatic heterocycles. The molecule has 1 N–H and O–H groups in total. The van der Waals surface area contributed by atoms with Crippen molar-refractivity contribution in [2.75, 3.05) is 0 Å². The fourth-order valence-electron chi connectivity index (χ4n) is 3.13. The van der Waals surface area contributed by atoms with Gasteiger partial charge in [0.1, 0.15) is 12.2 Å². The Morgan fingerprint density at radius 1 is 1.07 bits per heavy atom. The van der Waals surface area contributed by atoms with Crippen molar-refractivity contribution in [2.24, 2.45) is 0 Å². The molecule has 140 valence electrons. The van der Waals surface area contributed by atoms with E-state index in [1.165, 1.54) is 6.07 Å². The molecular formula is C21H16N2O5. The molecule has 0 fully saturated rings. The van der Waals surface area contributed by atoms with Crippen molar-refractivity contribution >= 4 is 27.7 Å². The van der Waals surface area contributed by atoms with Crippen LogP contribution in [0.1, 0.15) is 27.2 Å². The monoisotopic (exact) mass is 376 g/mol. The molecule has 0 radical (unpaired) electrons. The number of aromatic nitrogens is 2. The zero-order valence-corrected chi connectivity index (χ0v) is 15.2. The lowest BCUT2D eigenvalue weighted by Crippen LogP contribution is -2.16. The van der Waals surface area contributed by atoms with E-state index in [-0.39, 0.29) is 17.9 Å². The van der Waals surface area contributed by atoms with Gasteiger partial charge in [-0.2, -0.15) is 5.10 Å². The third-order valence-corrected chi connectivity index (χ3v) is 4.77. The molecule has 0 unspecified atom stereocenters. The van der Waals surface area contributed by atoms with E-state index in [9.17, 15) is 14.4 Å². The molecule has 2 heterocycles. The number of esters is 1. The minimum Gasteiger partial charge on any atom is -0.456 e. The second-order valence-electron chi connectivity index (χ2n) is 6.50. The molecule has 0 amide bonds.